The summed E-state index contributed by atoms with van der Waals surface area (Å²) in [7, 11) is 0. The largest absolute Gasteiger partial charge is 0.389 e. The SMILES string of the molecule is Cc1nc(SC(C)(C)C)ccc1C(C)O. The van der Waals surface area contributed by atoms with Gasteiger partial charge in [-0.2, -0.15) is 0 Å². The topological polar surface area (TPSA) is 33.1 Å². The van der Waals surface area contributed by atoms with E-state index in [4.69, 9.17) is 0 Å². The zero-order valence-corrected chi connectivity index (χ0v) is 10.9. The van der Waals surface area contributed by atoms with Crippen molar-refractivity contribution in [2.45, 2.75) is 50.5 Å². The zero-order chi connectivity index (χ0) is 11.6. The monoisotopic (exact) mass is 225 g/mol. The van der Waals surface area contributed by atoms with Crippen molar-refractivity contribution >= 4 is 11.8 Å². The number of hydrogen-bond donors (Lipinski definition) is 1. The summed E-state index contributed by atoms with van der Waals surface area (Å²) in [6.07, 6.45) is -0.439. The minimum atomic E-state index is -0.439. The third-order valence-electron chi connectivity index (χ3n) is 1.96. The number of pyridine rings is 1. The van der Waals surface area contributed by atoms with Gasteiger partial charge in [0.2, 0.25) is 0 Å². The van der Waals surface area contributed by atoms with Crippen molar-refractivity contribution in [3.05, 3.63) is 23.4 Å². The molecule has 0 aliphatic rings. The normalized spacial score (nSPS) is 14.0. The number of nitrogens with zero attached hydrogens (tertiary/aromatic N) is 1. The van der Waals surface area contributed by atoms with Crippen molar-refractivity contribution in [3.8, 4) is 0 Å². The van der Waals surface area contributed by atoms with Crippen LogP contribution in [0.15, 0.2) is 17.2 Å². The van der Waals surface area contributed by atoms with Crippen LogP contribution < -0.4 is 0 Å². The van der Waals surface area contributed by atoms with Gasteiger partial charge in [-0.15, -0.1) is 11.8 Å². The fourth-order valence-electron chi connectivity index (χ4n) is 1.36. The van der Waals surface area contributed by atoms with Gasteiger partial charge in [-0.3, -0.25) is 0 Å². The third-order valence-corrected chi connectivity index (χ3v) is 3.01. The van der Waals surface area contributed by atoms with E-state index in [9.17, 15) is 5.11 Å². The van der Waals surface area contributed by atoms with E-state index >= 15 is 0 Å². The van der Waals surface area contributed by atoms with Gasteiger partial charge in [-0.1, -0.05) is 26.8 Å². The average Bonchev–Trinajstić information content (AvgIpc) is 1.99. The van der Waals surface area contributed by atoms with Crippen LogP contribution in [0.25, 0.3) is 0 Å². The maximum absolute atomic E-state index is 9.48. The van der Waals surface area contributed by atoms with Crippen LogP contribution in [-0.2, 0) is 0 Å². The summed E-state index contributed by atoms with van der Waals surface area (Å²) in [5.41, 5.74) is 1.83. The van der Waals surface area contributed by atoms with E-state index < -0.39 is 6.10 Å². The molecule has 0 saturated heterocycles. The second-order valence-electron chi connectivity index (χ2n) is 4.71. The van der Waals surface area contributed by atoms with Crippen LogP contribution in [0.3, 0.4) is 0 Å². The minimum absolute atomic E-state index is 0.172. The number of rotatable bonds is 2. The average molecular weight is 225 g/mol. The molecule has 84 valence electrons. The Morgan fingerprint density at radius 2 is 1.93 bits per heavy atom. The Morgan fingerprint density at radius 3 is 2.33 bits per heavy atom. The maximum atomic E-state index is 9.48. The smallest absolute Gasteiger partial charge is 0.0968 e. The predicted octanol–water partition coefficient (Wildman–Crippen LogP) is 3.33. The van der Waals surface area contributed by atoms with E-state index in [1.807, 2.05) is 19.1 Å². The van der Waals surface area contributed by atoms with Crippen LogP contribution >= 0.6 is 11.8 Å². The molecule has 1 aromatic heterocycles. The van der Waals surface area contributed by atoms with E-state index in [-0.39, 0.29) is 4.75 Å². The molecule has 0 amide bonds. The molecule has 0 saturated carbocycles. The molecule has 1 aromatic rings. The molecule has 0 spiro atoms. The first-order valence-corrected chi connectivity index (χ1v) is 5.96. The molecule has 2 nitrogen and oxygen atoms in total. The van der Waals surface area contributed by atoms with Gasteiger partial charge in [0.15, 0.2) is 0 Å². The van der Waals surface area contributed by atoms with Crippen LogP contribution in [-0.4, -0.2) is 14.8 Å². The van der Waals surface area contributed by atoms with Crippen molar-refractivity contribution < 1.29 is 5.11 Å². The summed E-state index contributed by atoms with van der Waals surface area (Å²) in [6, 6.07) is 3.94. The number of aryl methyl sites for hydroxylation is 1. The molecule has 1 N–H and O–H groups in total. The van der Waals surface area contributed by atoms with E-state index in [0.29, 0.717) is 0 Å². The first kappa shape index (κ1) is 12.5. The molecule has 0 aliphatic heterocycles. The fraction of sp³-hybridized carbons (Fsp3) is 0.583. The van der Waals surface area contributed by atoms with Crippen molar-refractivity contribution in [2.75, 3.05) is 0 Å². The van der Waals surface area contributed by atoms with Gasteiger partial charge in [0.25, 0.3) is 0 Å². The summed E-state index contributed by atoms with van der Waals surface area (Å²) in [4.78, 5) is 4.48. The standard InChI is InChI=1S/C12H19NOS/c1-8-10(9(2)14)6-7-11(13-8)15-12(3,4)5/h6-7,9,14H,1-5H3. The summed E-state index contributed by atoms with van der Waals surface area (Å²) in [6.45, 7) is 10.2. The maximum Gasteiger partial charge on any atom is 0.0968 e. The van der Waals surface area contributed by atoms with E-state index in [0.717, 1.165) is 16.3 Å². The molecule has 15 heavy (non-hydrogen) atoms. The summed E-state index contributed by atoms with van der Waals surface area (Å²) < 4.78 is 0.172. The molecule has 3 heteroatoms. The first-order chi connectivity index (χ1) is 6.79. The molecular weight excluding hydrogens is 206 g/mol. The summed E-state index contributed by atoms with van der Waals surface area (Å²) in [5.74, 6) is 0. The van der Waals surface area contributed by atoms with Crippen molar-refractivity contribution in [1.82, 2.24) is 4.98 Å². The van der Waals surface area contributed by atoms with Crippen LogP contribution in [0.1, 0.15) is 45.1 Å². The highest BCUT2D eigenvalue weighted by Crippen LogP contribution is 2.31. The van der Waals surface area contributed by atoms with Crippen LogP contribution in [0, 0.1) is 6.92 Å². The van der Waals surface area contributed by atoms with Crippen molar-refractivity contribution in [1.29, 1.82) is 0 Å². The van der Waals surface area contributed by atoms with Gasteiger partial charge < -0.3 is 5.11 Å². The zero-order valence-electron chi connectivity index (χ0n) is 10.0. The van der Waals surface area contributed by atoms with Gasteiger partial charge >= 0.3 is 0 Å². The molecule has 1 atom stereocenters. The van der Waals surface area contributed by atoms with E-state index in [1.165, 1.54) is 0 Å². The number of aliphatic hydroxyl groups is 1. The predicted molar refractivity (Wildman–Crippen MR) is 65.2 cm³/mol. The molecule has 0 bridgehead atoms. The van der Waals surface area contributed by atoms with Gasteiger partial charge in [-0.05, 0) is 19.9 Å². The Bertz CT molecular complexity index is 342. The summed E-state index contributed by atoms with van der Waals surface area (Å²) in [5, 5.41) is 10.5. The molecule has 0 fully saturated rings. The Hall–Kier alpha value is -0.540. The van der Waals surface area contributed by atoms with Gasteiger partial charge in [0.1, 0.15) is 0 Å². The number of thioether (sulfide) groups is 1. The lowest BCUT2D eigenvalue weighted by Gasteiger charge is -2.18. The van der Waals surface area contributed by atoms with Crippen molar-refractivity contribution in [3.63, 3.8) is 0 Å². The molecule has 0 aliphatic carbocycles. The third kappa shape index (κ3) is 3.84. The first-order valence-electron chi connectivity index (χ1n) is 5.14. The quantitative estimate of drug-likeness (QED) is 0.784. The highest BCUT2D eigenvalue weighted by atomic mass is 32.2. The van der Waals surface area contributed by atoms with Crippen LogP contribution in [0.5, 0.6) is 0 Å². The lowest BCUT2D eigenvalue weighted by atomic mass is 10.1. The fourth-order valence-corrected chi connectivity index (χ4v) is 2.31. The highest BCUT2D eigenvalue weighted by Gasteiger charge is 2.14. The highest BCUT2D eigenvalue weighted by molar-refractivity contribution is 8.00. The van der Waals surface area contributed by atoms with Gasteiger partial charge in [0, 0.05) is 16.0 Å². The molecular formula is C12H19NOS. The Kier molecular flexibility index (Phi) is 3.79. The molecule has 0 aromatic carbocycles. The van der Waals surface area contributed by atoms with E-state index in [2.05, 4.69) is 25.8 Å². The molecule has 0 radical (unpaired) electrons. The van der Waals surface area contributed by atoms with Gasteiger partial charge in [0.05, 0.1) is 11.1 Å². The Morgan fingerprint density at radius 1 is 1.33 bits per heavy atom. The van der Waals surface area contributed by atoms with Crippen molar-refractivity contribution in [2.24, 2.45) is 0 Å². The Balaban J connectivity index is 2.92. The van der Waals surface area contributed by atoms with Crippen LogP contribution in [0.2, 0.25) is 0 Å². The number of hydrogen-bond acceptors (Lipinski definition) is 3. The minimum Gasteiger partial charge on any atom is -0.389 e. The van der Waals surface area contributed by atoms with Gasteiger partial charge in [-0.25, -0.2) is 4.98 Å². The Labute approximate surface area is 96.1 Å². The second kappa shape index (κ2) is 4.54. The molecule has 1 unspecified atom stereocenters. The second-order valence-corrected chi connectivity index (χ2v) is 6.56. The molecule has 1 heterocycles. The van der Waals surface area contributed by atoms with Crippen LogP contribution in [0.4, 0.5) is 0 Å². The summed E-state index contributed by atoms with van der Waals surface area (Å²) >= 11 is 1.74. The lowest BCUT2D eigenvalue weighted by Crippen LogP contribution is -2.08. The number of aliphatic hydroxyl groups excluding tert-OH is 1. The lowest BCUT2D eigenvalue weighted by molar-refractivity contribution is 0.198. The van der Waals surface area contributed by atoms with E-state index in [1.54, 1.807) is 18.7 Å². The molecule has 1 rings (SSSR count). The number of aromatic nitrogens is 1.